The van der Waals surface area contributed by atoms with Crippen LogP contribution in [0.3, 0.4) is 0 Å². The van der Waals surface area contributed by atoms with E-state index in [1.165, 1.54) is 43.3 Å². The molecule has 3 heteroatoms. The smallest absolute Gasteiger partial charge is 0.114 e. The molecule has 3 nitrogen and oxygen atoms in total. The van der Waals surface area contributed by atoms with Crippen LogP contribution in [-0.2, 0) is 4.89 Å². The molecule has 0 radical (unpaired) electrons. The Morgan fingerprint density at radius 2 is 1.87 bits per heavy atom. The fraction of sp³-hybridized carbons (Fsp3) is 0.857. The summed E-state index contributed by atoms with van der Waals surface area (Å²) in [5, 5.41) is 20.2. The van der Waals surface area contributed by atoms with E-state index in [2.05, 4.69) is 47.3 Å². The number of aliphatic hydroxyl groups is 1. The fourth-order valence-electron chi connectivity index (χ4n) is 8.58. The summed E-state index contributed by atoms with van der Waals surface area (Å²) in [4.78, 5) is 5.17. The van der Waals surface area contributed by atoms with Crippen LogP contribution in [0.4, 0.5) is 0 Å². The molecule has 4 aliphatic rings. The standard InChI is InChI=1S/C28H46O3/c1-17(2)18(3)7-8-19(4)22-9-10-23-26-24(12-14-28(22,23)6)27(5)13-11-21(29)15-20(27)16-25(26)31-30/h16-17,19,21-26,29-30H,3,7-15H2,1-2,4-6H3/t19-,21+,22-,23+,24+,25-,26+,27+,28-/m1/s1. The lowest BCUT2D eigenvalue weighted by atomic mass is 9.46. The van der Waals surface area contributed by atoms with Crippen LogP contribution in [0.5, 0.6) is 0 Å². The molecule has 0 aromatic heterocycles. The zero-order chi connectivity index (χ0) is 22.6. The van der Waals surface area contributed by atoms with Gasteiger partial charge in [0.05, 0.1) is 6.10 Å². The maximum absolute atomic E-state index is 10.3. The third-order valence-electron chi connectivity index (χ3n) is 10.7. The second kappa shape index (κ2) is 8.61. The predicted octanol–water partition coefficient (Wildman–Crippen LogP) is 7.02. The van der Waals surface area contributed by atoms with Crippen molar-refractivity contribution in [2.45, 2.75) is 105 Å². The highest BCUT2D eigenvalue weighted by Crippen LogP contribution is 2.67. The maximum Gasteiger partial charge on any atom is 0.114 e. The molecule has 0 heterocycles. The summed E-state index contributed by atoms with van der Waals surface area (Å²) in [5.74, 6) is 3.62. The van der Waals surface area contributed by atoms with Gasteiger partial charge in [-0.2, -0.15) is 0 Å². The average Bonchev–Trinajstić information content (AvgIpc) is 3.09. The molecule has 0 aromatic rings. The van der Waals surface area contributed by atoms with E-state index < -0.39 is 0 Å². The molecule has 0 amide bonds. The Morgan fingerprint density at radius 1 is 1.13 bits per heavy atom. The van der Waals surface area contributed by atoms with Crippen LogP contribution >= 0.6 is 0 Å². The highest BCUT2D eigenvalue weighted by Gasteiger charge is 2.61. The normalized spacial score (nSPS) is 45.5. The number of aliphatic hydroxyl groups excluding tert-OH is 1. The Kier molecular flexibility index (Phi) is 6.53. The van der Waals surface area contributed by atoms with E-state index in [1.54, 1.807) is 0 Å². The zero-order valence-electron chi connectivity index (χ0n) is 20.6. The Bertz CT molecular complexity index is 711. The van der Waals surface area contributed by atoms with Crippen LogP contribution in [0.2, 0.25) is 0 Å². The molecule has 0 spiro atoms. The highest BCUT2D eigenvalue weighted by atomic mass is 17.1. The Balaban J connectivity index is 1.56. The van der Waals surface area contributed by atoms with Crippen molar-refractivity contribution < 1.29 is 15.3 Å². The monoisotopic (exact) mass is 430 g/mol. The molecule has 3 saturated carbocycles. The number of hydrogen-bond acceptors (Lipinski definition) is 3. The first-order chi connectivity index (χ1) is 14.6. The van der Waals surface area contributed by atoms with E-state index in [-0.39, 0.29) is 17.6 Å². The summed E-state index contributed by atoms with van der Waals surface area (Å²) >= 11 is 0. The molecule has 4 aliphatic carbocycles. The molecule has 0 aromatic carbocycles. The van der Waals surface area contributed by atoms with Gasteiger partial charge >= 0.3 is 0 Å². The van der Waals surface area contributed by atoms with Gasteiger partial charge in [0.2, 0.25) is 0 Å². The molecule has 31 heavy (non-hydrogen) atoms. The van der Waals surface area contributed by atoms with Gasteiger partial charge in [0.25, 0.3) is 0 Å². The van der Waals surface area contributed by atoms with Crippen molar-refractivity contribution in [3.8, 4) is 0 Å². The van der Waals surface area contributed by atoms with Gasteiger partial charge in [0.1, 0.15) is 6.10 Å². The number of hydrogen-bond donors (Lipinski definition) is 2. The minimum absolute atomic E-state index is 0.166. The summed E-state index contributed by atoms with van der Waals surface area (Å²) in [7, 11) is 0. The third-order valence-corrected chi connectivity index (χ3v) is 10.7. The van der Waals surface area contributed by atoms with Crippen LogP contribution in [0.15, 0.2) is 23.8 Å². The largest absolute Gasteiger partial charge is 0.393 e. The van der Waals surface area contributed by atoms with E-state index in [9.17, 15) is 10.4 Å². The van der Waals surface area contributed by atoms with Crippen LogP contribution in [0.1, 0.15) is 92.4 Å². The van der Waals surface area contributed by atoms with Crippen molar-refractivity contribution in [1.82, 2.24) is 0 Å². The first kappa shape index (κ1) is 23.5. The molecule has 9 atom stereocenters. The Hall–Kier alpha value is -0.640. The topological polar surface area (TPSA) is 49.7 Å². The highest BCUT2D eigenvalue weighted by molar-refractivity contribution is 5.28. The number of rotatable bonds is 6. The van der Waals surface area contributed by atoms with E-state index in [0.717, 1.165) is 31.6 Å². The summed E-state index contributed by atoms with van der Waals surface area (Å²) in [6, 6.07) is 0. The van der Waals surface area contributed by atoms with E-state index in [4.69, 9.17) is 4.89 Å². The molecular formula is C28H46O3. The van der Waals surface area contributed by atoms with Gasteiger partial charge in [0, 0.05) is 0 Å². The van der Waals surface area contributed by atoms with Crippen LogP contribution < -0.4 is 0 Å². The fourth-order valence-corrected chi connectivity index (χ4v) is 8.58. The Labute approximate surface area is 190 Å². The van der Waals surface area contributed by atoms with Crippen molar-refractivity contribution in [3.05, 3.63) is 23.8 Å². The van der Waals surface area contributed by atoms with Gasteiger partial charge in [-0.05, 0) is 104 Å². The second-order valence-corrected chi connectivity index (χ2v) is 12.4. The SMILES string of the molecule is C=C(CC[C@@H](C)[C@H]1CC[C@H]2[C@@H]3[C@H](OO)C=C4C[C@@H](O)CC[C@]4(C)[C@H]3CC[C@]12C)C(C)C. The summed E-state index contributed by atoms with van der Waals surface area (Å²) in [6.07, 6.45) is 12.0. The third kappa shape index (κ3) is 3.87. The Morgan fingerprint density at radius 3 is 2.55 bits per heavy atom. The van der Waals surface area contributed by atoms with E-state index in [1.807, 2.05) is 0 Å². The molecule has 0 aliphatic heterocycles. The van der Waals surface area contributed by atoms with Gasteiger partial charge < -0.3 is 5.11 Å². The summed E-state index contributed by atoms with van der Waals surface area (Å²) in [6.45, 7) is 16.3. The van der Waals surface area contributed by atoms with Crippen LogP contribution in [0.25, 0.3) is 0 Å². The van der Waals surface area contributed by atoms with Gasteiger partial charge in [0.15, 0.2) is 0 Å². The van der Waals surface area contributed by atoms with E-state index >= 15 is 0 Å². The molecule has 176 valence electrons. The van der Waals surface area contributed by atoms with E-state index in [0.29, 0.717) is 35.0 Å². The molecule has 0 saturated heterocycles. The summed E-state index contributed by atoms with van der Waals surface area (Å²) in [5.41, 5.74) is 3.23. The quantitative estimate of drug-likeness (QED) is 0.270. The van der Waals surface area contributed by atoms with Crippen molar-refractivity contribution in [2.24, 2.45) is 46.3 Å². The van der Waals surface area contributed by atoms with Gasteiger partial charge in [-0.25, -0.2) is 4.89 Å². The first-order valence-electron chi connectivity index (χ1n) is 13.0. The average molecular weight is 431 g/mol. The lowest BCUT2D eigenvalue weighted by molar-refractivity contribution is -0.296. The zero-order valence-corrected chi connectivity index (χ0v) is 20.6. The predicted molar refractivity (Wildman–Crippen MR) is 126 cm³/mol. The molecule has 2 N–H and O–H groups in total. The minimum atomic E-state index is -0.235. The van der Waals surface area contributed by atoms with Gasteiger partial charge in [-0.15, -0.1) is 0 Å². The lowest BCUT2D eigenvalue weighted by Crippen LogP contribution is -2.55. The summed E-state index contributed by atoms with van der Waals surface area (Å²) < 4.78 is 0. The molecule has 0 bridgehead atoms. The van der Waals surface area contributed by atoms with Crippen molar-refractivity contribution in [3.63, 3.8) is 0 Å². The van der Waals surface area contributed by atoms with Crippen molar-refractivity contribution >= 4 is 0 Å². The van der Waals surface area contributed by atoms with Crippen molar-refractivity contribution in [2.75, 3.05) is 0 Å². The second-order valence-electron chi connectivity index (χ2n) is 12.4. The number of fused-ring (bicyclic) bond motifs is 5. The van der Waals surface area contributed by atoms with Crippen molar-refractivity contribution in [1.29, 1.82) is 0 Å². The van der Waals surface area contributed by atoms with Gasteiger partial charge in [-0.1, -0.05) is 58.4 Å². The van der Waals surface area contributed by atoms with Crippen LogP contribution in [-0.4, -0.2) is 22.6 Å². The molecular weight excluding hydrogens is 384 g/mol. The molecule has 4 rings (SSSR count). The van der Waals surface area contributed by atoms with Crippen LogP contribution in [0, 0.1) is 46.3 Å². The molecule has 3 fully saturated rings. The molecule has 0 unspecified atom stereocenters. The first-order valence-corrected chi connectivity index (χ1v) is 13.0. The number of allylic oxidation sites excluding steroid dienone is 1. The minimum Gasteiger partial charge on any atom is -0.393 e. The lowest BCUT2D eigenvalue weighted by Gasteiger charge is -2.59. The van der Waals surface area contributed by atoms with Gasteiger partial charge in [-0.3, -0.25) is 5.26 Å². The maximum atomic E-state index is 10.3.